The average molecular weight is 327 g/mol. The minimum Gasteiger partial charge on any atom is -0.486 e. The first-order valence-corrected chi connectivity index (χ1v) is 8.78. The van der Waals surface area contributed by atoms with Crippen LogP contribution in [0.4, 0.5) is 0 Å². The standard InChI is InChI=1S/C14H17NO6S/c1-22(17,18)21-8-10-7-11(14(16)15-10)9-2-3-12-13(6-9)20-5-4-19-12/h2-3,6,10-11H,4-5,7-8H2,1H3,(H,15,16)/t10?,11-/m1/s1. The molecule has 0 spiro atoms. The fraction of sp³-hybridized carbons (Fsp3) is 0.500. The Morgan fingerprint density at radius 1 is 1.27 bits per heavy atom. The molecule has 0 saturated carbocycles. The average Bonchev–Trinajstić information content (AvgIpc) is 2.85. The van der Waals surface area contributed by atoms with Crippen LogP contribution in [0.15, 0.2) is 18.2 Å². The van der Waals surface area contributed by atoms with E-state index in [1.54, 1.807) is 12.1 Å². The lowest BCUT2D eigenvalue weighted by atomic mass is 9.95. The van der Waals surface area contributed by atoms with Crippen LogP contribution in [0.3, 0.4) is 0 Å². The number of ether oxygens (including phenoxy) is 2. The predicted octanol–water partition coefficient (Wildman–Crippen LogP) is 0.406. The smallest absolute Gasteiger partial charge is 0.264 e. The van der Waals surface area contributed by atoms with Crippen molar-refractivity contribution in [3.05, 3.63) is 23.8 Å². The number of hydrogen-bond acceptors (Lipinski definition) is 6. The van der Waals surface area contributed by atoms with E-state index in [0.717, 1.165) is 11.8 Å². The summed E-state index contributed by atoms with van der Waals surface area (Å²) in [7, 11) is -3.51. The summed E-state index contributed by atoms with van der Waals surface area (Å²) >= 11 is 0. The zero-order valence-electron chi connectivity index (χ0n) is 12.1. The number of benzene rings is 1. The maximum absolute atomic E-state index is 12.1. The van der Waals surface area contributed by atoms with E-state index in [2.05, 4.69) is 5.32 Å². The molecule has 7 nitrogen and oxygen atoms in total. The third kappa shape index (κ3) is 3.33. The van der Waals surface area contributed by atoms with Gasteiger partial charge in [-0.1, -0.05) is 6.07 Å². The summed E-state index contributed by atoms with van der Waals surface area (Å²) < 4.78 is 37.8. The van der Waals surface area contributed by atoms with Crippen molar-refractivity contribution < 1.29 is 26.9 Å². The number of amides is 1. The summed E-state index contributed by atoms with van der Waals surface area (Å²) in [4.78, 5) is 12.1. The minimum atomic E-state index is -3.51. The van der Waals surface area contributed by atoms with Gasteiger partial charge in [0.25, 0.3) is 10.1 Å². The lowest BCUT2D eigenvalue weighted by Crippen LogP contribution is -2.30. The Hall–Kier alpha value is -1.80. The lowest BCUT2D eigenvalue weighted by molar-refractivity contribution is -0.120. The van der Waals surface area contributed by atoms with Gasteiger partial charge in [-0.2, -0.15) is 8.42 Å². The van der Waals surface area contributed by atoms with Gasteiger partial charge in [0, 0.05) is 0 Å². The molecule has 1 unspecified atom stereocenters. The van der Waals surface area contributed by atoms with E-state index in [1.807, 2.05) is 6.07 Å². The van der Waals surface area contributed by atoms with Crippen molar-refractivity contribution in [1.29, 1.82) is 0 Å². The van der Waals surface area contributed by atoms with E-state index in [0.29, 0.717) is 31.1 Å². The van der Waals surface area contributed by atoms with Crippen molar-refractivity contribution in [2.24, 2.45) is 0 Å². The predicted molar refractivity (Wildman–Crippen MR) is 77.5 cm³/mol. The summed E-state index contributed by atoms with van der Waals surface area (Å²) in [6, 6.07) is 5.11. The molecule has 2 atom stereocenters. The Morgan fingerprint density at radius 2 is 2.00 bits per heavy atom. The fourth-order valence-corrected chi connectivity index (χ4v) is 3.04. The second-order valence-corrected chi connectivity index (χ2v) is 7.03. The first kappa shape index (κ1) is 15.1. The Kier molecular flexibility index (Phi) is 3.96. The van der Waals surface area contributed by atoms with Crippen LogP contribution in [-0.2, 0) is 19.1 Å². The Labute approximate surface area is 128 Å². The van der Waals surface area contributed by atoms with Crippen LogP contribution < -0.4 is 14.8 Å². The second-order valence-electron chi connectivity index (χ2n) is 5.39. The molecule has 1 aromatic rings. The number of carbonyl (C=O) groups excluding carboxylic acids is 1. The van der Waals surface area contributed by atoms with Crippen LogP contribution in [0.1, 0.15) is 17.9 Å². The molecule has 1 aromatic carbocycles. The van der Waals surface area contributed by atoms with Crippen molar-refractivity contribution in [3.63, 3.8) is 0 Å². The van der Waals surface area contributed by atoms with Gasteiger partial charge in [-0.15, -0.1) is 0 Å². The lowest BCUT2D eigenvalue weighted by Gasteiger charge is -2.19. The van der Waals surface area contributed by atoms with Crippen molar-refractivity contribution in [1.82, 2.24) is 5.32 Å². The van der Waals surface area contributed by atoms with Gasteiger partial charge in [0.1, 0.15) is 13.2 Å². The molecule has 2 aliphatic rings. The minimum absolute atomic E-state index is 0.0500. The molecule has 0 radical (unpaired) electrons. The van der Waals surface area contributed by atoms with E-state index in [4.69, 9.17) is 13.7 Å². The number of nitrogens with one attached hydrogen (secondary N) is 1. The first-order chi connectivity index (χ1) is 10.4. The summed E-state index contributed by atoms with van der Waals surface area (Å²) in [5, 5.41) is 2.75. The SMILES string of the molecule is CS(=O)(=O)OCC1C[C@H](c2ccc3c(c2)OCCO3)C(=O)N1. The van der Waals surface area contributed by atoms with Crippen LogP contribution in [0.25, 0.3) is 0 Å². The Morgan fingerprint density at radius 3 is 2.73 bits per heavy atom. The number of hydrogen-bond donors (Lipinski definition) is 1. The molecule has 0 bridgehead atoms. The third-order valence-electron chi connectivity index (χ3n) is 3.63. The summed E-state index contributed by atoms with van der Waals surface area (Å²) in [5.74, 6) is 0.820. The van der Waals surface area contributed by atoms with E-state index >= 15 is 0 Å². The highest BCUT2D eigenvalue weighted by Gasteiger charge is 2.34. The van der Waals surface area contributed by atoms with E-state index in [-0.39, 0.29) is 24.5 Å². The molecule has 1 amide bonds. The fourth-order valence-electron chi connectivity index (χ4n) is 2.63. The molecule has 1 saturated heterocycles. The molecule has 0 aliphatic carbocycles. The Bertz CT molecular complexity index is 687. The van der Waals surface area contributed by atoms with Gasteiger partial charge in [-0.3, -0.25) is 8.98 Å². The number of carbonyl (C=O) groups is 1. The van der Waals surface area contributed by atoms with Gasteiger partial charge in [0.2, 0.25) is 5.91 Å². The number of fused-ring (bicyclic) bond motifs is 1. The van der Waals surface area contributed by atoms with Crippen molar-refractivity contribution in [2.45, 2.75) is 18.4 Å². The van der Waals surface area contributed by atoms with Gasteiger partial charge in [0.15, 0.2) is 11.5 Å². The molecule has 0 aromatic heterocycles. The van der Waals surface area contributed by atoms with Crippen LogP contribution >= 0.6 is 0 Å². The highest BCUT2D eigenvalue weighted by Crippen LogP contribution is 2.36. The van der Waals surface area contributed by atoms with E-state index in [1.165, 1.54) is 0 Å². The summed E-state index contributed by atoms with van der Waals surface area (Å²) in [6.45, 7) is 0.949. The second kappa shape index (κ2) is 5.77. The third-order valence-corrected chi connectivity index (χ3v) is 4.20. The van der Waals surface area contributed by atoms with Crippen LogP contribution in [0.5, 0.6) is 11.5 Å². The summed E-state index contributed by atoms with van der Waals surface area (Å²) in [5.41, 5.74) is 0.823. The molecular weight excluding hydrogens is 310 g/mol. The van der Waals surface area contributed by atoms with Gasteiger partial charge in [-0.25, -0.2) is 0 Å². The quantitative estimate of drug-likeness (QED) is 0.805. The molecule has 3 rings (SSSR count). The highest BCUT2D eigenvalue weighted by molar-refractivity contribution is 7.85. The summed E-state index contributed by atoms with van der Waals surface area (Å²) in [6.07, 6.45) is 1.47. The molecule has 2 aliphatic heterocycles. The zero-order chi connectivity index (χ0) is 15.7. The molecule has 1 N–H and O–H groups in total. The largest absolute Gasteiger partial charge is 0.486 e. The van der Waals surface area contributed by atoms with Gasteiger partial charge < -0.3 is 14.8 Å². The molecular formula is C14H17NO6S. The first-order valence-electron chi connectivity index (χ1n) is 6.97. The van der Waals surface area contributed by atoms with Gasteiger partial charge >= 0.3 is 0 Å². The molecule has 2 heterocycles. The van der Waals surface area contributed by atoms with Crippen molar-refractivity contribution >= 4 is 16.0 Å². The number of rotatable bonds is 4. The normalized spacial score (nSPS) is 24.1. The van der Waals surface area contributed by atoms with E-state index < -0.39 is 10.1 Å². The maximum atomic E-state index is 12.1. The maximum Gasteiger partial charge on any atom is 0.264 e. The van der Waals surface area contributed by atoms with Crippen molar-refractivity contribution in [3.8, 4) is 11.5 Å². The zero-order valence-corrected chi connectivity index (χ0v) is 12.9. The van der Waals surface area contributed by atoms with Crippen LogP contribution in [-0.4, -0.2) is 46.4 Å². The molecule has 8 heteroatoms. The topological polar surface area (TPSA) is 90.9 Å². The molecule has 22 heavy (non-hydrogen) atoms. The molecule has 120 valence electrons. The van der Waals surface area contributed by atoms with Crippen LogP contribution in [0.2, 0.25) is 0 Å². The molecule has 1 fully saturated rings. The van der Waals surface area contributed by atoms with Crippen LogP contribution in [0, 0.1) is 0 Å². The Balaban J connectivity index is 1.71. The van der Waals surface area contributed by atoms with Gasteiger partial charge in [-0.05, 0) is 24.1 Å². The van der Waals surface area contributed by atoms with Crippen molar-refractivity contribution in [2.75, 3.05) is 26.1 Å². The van der Waals surface area contributed by atoms with E-state index in [9.17, 15) is 13.2 Å². The van der Waals surface area contributed by atoms with Gasteiger partial charge in [0.05, 0.1) is 24.8 Å². The monoisotopic (exact) mass is 327 g/mol. The highest BCUT2D eigenvalue weighted by atomic mass is 32.2.